The molecule has 0 radical (unpaired) electrons. The van der Waals surface area contributed by atoms with E-state index < -0.39 is 17.0 Å². The number of aryl methyl sites for hydroxylation is 1. The Labute approximate surface area is 165 Å². The van der Waals surface area contributed by atoms with Crippen molar-refractivity contribution >= 4 is 34.9 Å². The highest BCUT2D eigenvalue weighted by Gasteiger charge is 2.35. The first-order valence-electron chi connectivity index (χ1n) is 8.77. The third-order valence-electron chi connectivity index (χ3n) is 4.10. The highest BCUT2D eigenvalue weighted by Crippen LogP contribution is 2.32. The molecule has 0 aliphatic carbocycles. The molecule has 28 heavy (non-hydrogen) atoms. The first kappa shape index (κ1) is 19.8. The van der Waals surface area contributed by atoms with E-state index in [0.29, 0.717) is 6.54 Å². The Kier molecular flexibility index (Phi) is 6.59. The molecule has 2 aromatic rings. The van der Waals surface area contributed by atoms with Crippen molar-refractivity contribution in [1.29, 1.82) is 0 Å². The normalized spacial score (nSPS) is 15.5. The zero-order valence-electron chi connectivity index (χ0n) is 15.0. The molecule has 1 aliphatic rings. The van der Waals surface area contributed by atoms with E-state index in [1.807, 2.05) is 10.8 Å². The molecule has 1 aromatic carbocycles. The molecule has 0 atom stereocenters. The second-order valence-electron chi connectivity index (χ2n) is 6.11. The summed E-state index contributed by atoms with van der Waals surface area (Å²) in [6, 6.07) is 6.01. The van der Waals surface area contributed by atoms with E-state index in [4.69, 9.17) is 0 Å². The van der Waals surface area contributed by atoms with E-state index in [0.717, 1.165) is 29.6 Å². The lowest BCUT2D eigenvalue weighted by molar-refractivity contribution is -0.124. The molecule has 1 aliphatic heterocycles. The molecular formula is C19H19FN4O3S. The van der Waals surface area contributed by atoms with Crippen LogP contribution in [-0.2, 0) is 16.1 Å². The molecule has 0 bridgehead atoms. The summed E-state index contributed by atoms with van der Waals surface area (Å²) in [5.41, 5.74) is 0.239. The fourth-order valence-electron chi connectivity index (χ4n) is 2.64. The summed E-state index contributed by atoms with van der Waals surface area (Å²) in [7, 11) is 0. The third kappa shape index (κ3) is 5.07. The third-order valence-corrected chi connectivity index (χ3v) is 5.01. The molecule has 0 spiro atoms. The van der Waals surface area contributed by atoms with Crippen molar-refractivity contribution in [3.05, 3.63) is 59.3 Å². The molecule has 0 unspecified atom stereocenters. The minimum Gasteiger partial charge on any atom is -0.356 e. The van der Waals surface area contributed by atoms with Gasteiger partial charge in [-0.3, -0.25) is 19.3 Å². The van der Waals surface area contributed by atoms with Gasteiger partial charge in [-0.25, -0.2) is 9.37 Å². The van der Waals surface area contributed by atoms with Crippen molar-refractivity contribution in [1.82, 2.24) is 19.8 Å². The van der Waals surface area contributed by atoms with E-state index in [-0.39, 0.29) is 29.3 Å². The van der Waals surface area contributed by atoms with Crippen LogP contribution >= 0.6 is 11.8 Å². The zero-order valence-corrected chi connectivity index (χ0v) is 15.8. The number of nitrogens with one attached hydrogen (secondary N) is 1. The Morgan fingerprint density at radius 1 is 1.25 bits per heavy atom. The molecule has 3 amide bonds. The summed E-state index contributed by atoms with van der Waals surface area (Å²) in [5.74, 6) is -1.21. The van der Waals surface area contributed by atoms with Crippen LogP contribution in [0.25, 0.3) is 6.08 Å². The van der Waals surface area contributed by atoms with Crippen LogP contribution in [0.1, 0.15) is 18.4 Å². The predicted octanol–water partition coefficient (Wildman–Crippen LogP) is 2.66. The number of imide groups is 1. The topological polar surface area (TPSA) is 84.3 Å². The summed E-state index contributed by atoms with van der Waals surface area (Å²) < 4.78 is 15.6. The van der Waals surface area contributed by atoms with Crippen LogP contribution in [0.5, 0.6) is 0 Å². The van der Waals surface area contributed by atoms with Crippen LogP contribution in [0.4, 0.5) is 9.18 Å². The second kappa shape index (κ2) is 9.32. The maximum Gasteiger partial charge on any atom is 0.293 e. The number of hydrogen-bond donors (Lipinski definition) is 1. The van der Waals surface area contributed by atoms with Gasteiger partial charge in [0.1, 0.15) is 5.82 Å². The van der Waals surface area contributed by atoms with Crippen molar-refractivity contribution in [3.8, 4) is 0 Å². The van der Waals surface area contributed by atoms with Crippen molar-refractivity contribution in [2.45, 2.75) is 19.4 Å². The lowest BCUT2D eigenvalue weighted by atomic mass is 10.2. The van der Waals surface area contributed by atoms with E-state index in [9.17, 15) is 18.8 Å². The van der Waals surface area contributed by atoms with Gasteiger partial charge in [-0.2, -0.15) is 0 Å². The maximum atomic E-state index is 13.7. The zero-order chi connectivity index (χ0) is 19.9. The first-order valence-corrected chi connectivity index (χ1v) is 9.58. The minimum absolute atomic E-state index is 0.00731. The van der Waals surface area contributed by atoms with Gasteiger partial charge in [-0.15, -0.1) is 0 Å². The van der Waals surface area contributed by atoms with Gasteiger partial charge in [0.2, 0.25) is 5.91 Å². The highest BCUT2D eigenvalue weighted by molar-refractivity contribution is 8.18. The molecule has 2 heterocycles. The Morgan fingerprint density at radius 3 is 2.82 bits per heavy atom. The second-order valence-corrected chi connectivity index (χ2v) is 7.10. The van der Waals surface area contributed by atoms with Crippen LogP contribution in [0, 0.1) is 5.82 Å². The van der Waals surface area contributed by atoms with Crippen LogP contribution in [0.2, 0.25) is 0 Å². The molecule has 1 fully saturated rings. The van der Waals surface area contributed by atoms with Crippen molar-refractivity contribution in [2.75, 3.05) is 13.1 Å². The van der Waals surface area contributed by atoms with Crippen LogP contribution < -0.4 is 5.32 Å². The summed E-state index contributed by atoms with van der Waals surface area (Å²) in [5, 5.41) is 2.31. The number of amides is 3. The summed E-state index contributed by atoms with van der Waals surface area (Å²) in [6.07, 6.45) is 7.37. The highest BCUT2D eigenvalue weighted by atomic mass is 32.2. The standard InChI is InChI=1S/C19H19FN4O3S/c20-15-5-2-1-4-14(15)12-16-18(26)24(19(27)28-16)10-6-17(25)22-7-3-9-23-11-8-21-13-23/h1-2,4-5,8,11-13H,3,6-7,9-10H2,(H,22,25)/b16-12+. The molecule has 1 saturated heterocycles. The Balaban J connectivity index is 1.46. The van der Waals surface area contributed by atoms with Gasteiger partial charge in [0.15, 0.2) is 0 Å². The molecular weight excluding hydrogens is 383 g/mol. The van der Waals surface area contributed by atoms with E-state index in [1.165, 1.54) is 18.2 Å². The fraction of sp³-hybridized carbons (Fsp3) is 0.263. The number of halogens is 1. The van der Waals surface area contributed by atoms with Gasteiger partial charge < -0.3 is 9.88 Å². The van der Waals surface area contributed by atoms with Crippen molar-refractivity contribution < 1.29 is 18.8 Å². The number of thioether (sulfide) groups is 1. The maximum absolute atomic E-state index is 13.7. The van der Waals surface area contributed by atoms with E-state index >= 15 is 0 Å². The van der Waals surface area contributed by atoms with E-state index in [2.05, 4.69) is 10.3 Å². The number of carbonyl (C=O) groups is 3. The molecule has 146 valence electrons. The van der Waals surface area contributed by atoms with Crippen LogP contribution in [0.15, 0.2) is 47.9 Å². The number of imidazole rings is 1. The average molecular weight is 402 g/mol. The van der Waals surface area contributed by atoms with Crippen LogP contribution in [-0.4, -0.2) is 44.6 Å². The first-order chi connectivity index (χ1) is 13.5. The lowest BCUT2D eigenvalue weighted by Gasteiger charge is -2.12. The van der Waals surface area contributed by atoms with E-state index in [1.54, 1.807) is 24.7 Å². The number of nitrogens with zero attached hydrogens (tertiary/aromatic N) is 3. The Morgan fingerprint density at radius 2 is 2.07 bits per heavy atom. The Bertz CT molecular complexity index is 898. The summed E-state index contributed by atoms with van der Waals surface area (Å²) in [4.78, 5) is 41.5. The number of hydrogen-bond acceptors (Lipinski definition) is 5. The average Bonchev–Trinajstić information content (AvgIpc) is 3.28. The molecule has 1 aromatic heterocycles. The van der Waals surface area contributed by atoms with Gasteiger partial charge in [0.25, 0.3) is 11.1 Å². The quantitative estimate of drug-likeness (QED) is 0.542. The molecule has 3 rings (SSSR count). The summed E-state index contributed by atoms with van der Waals surface area (Å²) in [6.45, 7) is 1.23. The molecule has 7 nitrogen and oxygen atoms in total. The van der Waals surface area contributed by atoms with Crippen molar-refractivity contribution in [3.63, 3.8) is 0 Å². The molecule has 0 saturated carbocycles. The number of benzene rings is 1. The largest absolute Gasteiger partial charge is 0.356 e. The monoisotopic (exact) mass is 402 g/mol. The van der Waals surface area contributed by atoms with Gasteiger partial charge in [0, 0.05) is 44.0 Å². The SMILES string of the molecule is O=C(CCN1C(=O)S/C(=C/c2ccccc2F)C1=O)NCCCn1ccnc1. The minimum atomic E-state index is -0.508. The smallest absolute Gasteiger partial charge is 0.293 e. The number of aromatic nitrogens is 2. The molecule has 9 heteroatoms. The summed E-state index contributed by atoms with van der Waals surface area (Å²) >= 11 is 0.748. The van der Waals surface area contributed by atoms with Crippen molar-refractivity contribution in [2.24, 2.45) is 0 Å². The van der Waals surface area contributed by atoms with Gasteiger partial charge in [-0.05, 0) is 30.3 Å². The fourth-order valence-corrected chi connectivity index (χ4v) is 3.49. The van der Waals surface area contributed by atoms with Gasteiger partial charge >= 0.3 is 0 Å². The van der Waals surface area contributed by atoms with Crippen LogP contribution in [0.3, 0.4) is 0 Å². The van der Waals surface area contributed by atoms with Gasteiger partial charge in [0.05, 0.1) is 11.2 Å². The Hall–Kier alpha value is -2.94. The van der Waals surface area contributed by atoms with Gasteiger partial charge in [-0.1, -0.05) is 18.2 Å². The predicted molar refractivity (Wildman–Crippen MR) is 104 cm³/mol. The number of carbonyl (C=O) groups excluding carboxylic acids is 3. The number of rotatable bonds is 8. The molecule has 1 N–H and O–H groups in total. The lowest BCUT2D eigenvalue weighted by Crippen LogP contribution is -2.34.